The lowest BCUT2D eigenvalue weighted by Gasteiger charge is -2.13. The molecule has 88 valence electrons. The summed E-state index contributed by atoms with van der Waals surface area (Å²) in [6.07, 6.45) is 0.204. The quantitative estimate of drug-likeness (QED) is 0.686. The van der Waals surface area contributed by atoms with Crippen LogP contribution in [0.25, 0.3) is 0 Å². The number of aryl methyl sites for hydroxylation is 1. The highest BCUT2D eigenvalue weighted by Crippen LogP contribution is 2.35. The molecule has 0 saturated carbocycles. The third-order valence-electron chi connectivity index (χ3n) is 2.81. The summed E-state index contributed by atoms with van der Waals surface area (Å²) in [4.78, 5) is 10.7. The smallest absolute Gasteiger partial charge is 0.306 e. The van der Waals surface area contributed by atoms with E-state index >= 15 is 0 Å². The summed E-state index contributed by atoms with van der Waals surface area (Å²) >= 11 is 0. The van der Waals surface area contributed by atoms with Gasteiger partial charge in [0.25, 0.3) is 0 Å². The number of rotatable bonds is 3. The fourth-order valence-corrected chi connectivity index (χ4v) is 1.53. The zero-order valence-electron chi connectivity index (χ0n) is 9.61. The first-order valence-corrected chi connectivity index (χ1v) is 5.08. The Balaban J connectivity index is 3.11. The van der Waals surface area contributed by atoms with Crippen molar-refractivity contribution in [2.75, 3.05) is 0 Å². The molecular weight excluding hydrogens is 208 g/mol. The average molecular weight is 224 g/mol. The number of phenols is 2. The van der Waals surface area contributed by atoms with E-state index in [9.17, 15) is 15.0 Å². The molecule has 0 spiro atoms. The van der Waals surface area contributed by atoms with Crippen molar-refractivity contribution in [1.29, 1.82) is 0 Å². The number of hydrogen-bond acceptors (Lipinski definition) is 3. The standard InChI is InChI=1S/C12H16O4/c1-6-4-9(5-7(2)12(15)16)11(14)10(13)8(6)3/h4,7,13-14H,5H2,1-3H3,(H,15,16). The van der Waals surface area contributed by atoms with Gasteiger partial charge in [0.05, 0.1) is 5.92 Å². The summed E-state index contributed by atoms with van der Waals surface area (Å²) in [6, 6.07) is 1.71. The predicted molar refractivity (Wildman–Crippen MR) is 59.7 cm³/mol. The summed E-state index contributed by atoms with van der Waals surface area (Å²) in [6.45, 7) is 5.08. The van der Waals surface area contributed by atoms with Crippen molar-refractivity contribution in [3.63, 3.8) is 0 Å². The maximum Gasteiger partial charge on any atom is 0.306 e. The summed E-state index contributed by atoms with van der Waals surface area (Å²) in [5.74, 6) is -1.88. The predicted octanol–water partition coefficient (Wildman–Crippen LogP) is 1.98. The Kier molecular flexibility index (Phi) is 3.42. The second-order valence-corrected chi connectivity index (χ2v) is 4.12. The van der Waals surface area contributed by atoms with Gasteiger partial charge in [-0.05, 0) is 37.0 Å². The molecule has 1 atom stereocenters. The van der Waals surface area contributed by atoms with Gasteiger partial charge in [-0.15, -0.1) is 0 Å². The number of carboxylic acid groups (broad SMARTS) is 1. The van der Waals surface area contributed by atoms with Crippen LogP contribution in [0, 0.1) is 19.8 Å². The van der Waals surface area contributed by atoms with E-state index in [2.05, 4.69) is 0 Å². The van der Waals surface area contributed by atoms with Crippen LogP contribution in [0.1, 0.15) is 23.6 Å². The van der Waals surface area contributed by atoms with Crippen LogP contribution in [0.2, 0.25) is 0 Å². The maximum atomic E-state index is 10.7. The molecule has 0 heterocycles. The molecule has 4 heteroatoms. The molecule has 0 radical (unpaired) electrons. The molecule has 4 nitrogen and oxygen atoms in total. The highest BCUT2D eigenvalue weighted by molar-refractivity contribution is 5.70. The Bertz CT molecular complexity index is 424. The minimum Gasteiger partial charge on any atom is -0.504 e. The normalized spacial score (nSPS) is 12.4. The van der Waals surface area contributed by atoms with Crippen LogP contribution in [-0.4, -0.2) is 21.3 Å². The second kappa shape index (κ2) is 4.43. The van der Waals surface area contributed by atoms with Gasteiger partial charge in [0.1, 0.15) is 0 Å². The number of phenolic OH excluding ortho intramolecular Hbond substituents is 2. The summed E-state index contributed by atoms with van der Waals surface area (Å²) in [5.41, 5.74) is 1.92. The third kappa shape index (κ3) is 2.27. The third-order valence-corrected chi connectivity index (χ3v) is 2.81. The Morgan fingerprint density at radius 2 is 1.88 bits per heavy atom. The zero-order chi connectivity index (χ0) is 12.5. The van der Waals surface area contributed by atoms with Crippen molar-refractivity contribution >= 4 is 5.97 Å². The van der Waals surface area contributed by atoms with Crippen molar-refractivity contribution in [2.45, 2.75) is 27.2 Å². The summed E-state index contributed by atoms with van der Waals surface area (Å²) in [5, 5.41) is 28.1. The molecule has 0 amide bonds. The van der Waals surface area contributed by atoms with Crippen molar-refractivity contribution in [3.8, 4) is 11.5 Å². The molecule has 0 aliphatic heterocycles. The van der Waals surface area contributed by atoms with Gasteiger partial charge in [0, 0.05) is 0 Å². The van der Waals surface area contributed by atoms with Gasteiger partial charge < -0.3 is 15.3 Å². The average Bonchev–Trinajstić information content (AvgIpc) is 2.22. The number of carbonyl (C=O) groups is 1. The lowest BCUT2D eigenvalue weighted by molar-refractivity contribution is -0.141. The first-order valence-electron chi connectivity index (χ1n) is 5.08. The van der Waals surface area contributed by atoms with Crippen LogP contribution >= 0.6 is 0 Å². The van der Waals surface area contributed by atoms with Crippen molar-refractivity contribution in [2.24, 2.45) is 5.92 Å². The molecular formula is C12H16O4. The molecule has 0 aliphatic carbocycles. The highest BCUT2D eigenvalue weighted by atomic mass is 16.4. The number of aromatic hydroxyl groups is 2. The van der Waals surface area contributed by atoms with Crippen LogP contribution in [0.3, 0.4) is 0 Å². The van der Waals surface area contributed by atoms with Crippen molar-refractivity contribution in [1.82, 2.24) is 0 Å². The van der Waals surface area contributed by atoms with E-state index in [1.807, 2.05) is 6.92 Å². The lowest BCUT2D eigenvalue weighted by Crippen LogP contribution is -2.12. The van der Waals surface area contributed by atoms with E-state index in [1.54, 1.807) is 19.9 Å². The minimum absolute atomic E-state index is 0.160. The molecule has 1 aromatic carbocycles. The fraction of sp³-hybridized carbons (Fsp3) is 0.417. The molecule has 0 fully saturated rings. The minimum atomic E-state index is -0.919. The SMILES string of the molecule is Cc1cc(CC(C)C(=O)O)c(O)c(O)c1C. The van der Waals surface area contributed by atoms with E-state index in [4.69, 9.17) is 5.11 Å². The molecule has 3 N–H and O–H groups in total. The summed E-state index contributed by atoms with van der Waals surface area (Å²) < 4.78 is 0. The van der Waals surface area contributed by atoms with Crippen molar-refractivity contribution in [3.05, 3.63) is 22.8 Å². The van der Waals surface area contributed by atoms with Gasteiger partial charge in [-0.25, -0.2) is 0 Å². The van der Waals surface area contributed by atoms with Crippen LogP contribution in [0.15, 0.2) is 6.07 Å². The van der Waals surface area contributed by atoms with Gasteiger partial charge in [0.15, 0.2) is 11.5 Å². The van der Waals surface area contributed by atoms with E-state index < -0.39 is 11.9 Å². The number of benzene rings is 1. The van der Waals surface area contributed by atoms with Crippen LogP contribution < -0.4 is 0 Å². The topological polar surface area (TPSA) is 77.8 Å². The molecule has 1 rings (SSSR count). The molecule has 0 saturated heterocycles. The van der Waals surface area contributed by atoms with Gasteiger partial charge >= 0.3 is 5.97 Å². The first kappa shape index (κ1) is 12.4. The second-order valence-electron chi connectivity index (χ2n) is 4.12. The Labute approximate surface area is 94.2 Å². The van der Waals surface area contributed by atoms with E-state index in [1.165, 1.54) is 0 Å². The molecule has 1 aromatic rings. The van der Waals surface area contributed by atoms with E-state index in [-0.39, 0.29) is 17.9 Å². The van der Waals surface area contributed by atoms with Crippen LogP contribution in [0.5, 0.6) is 11.5 Å². The molecule has 0 aromatic heterocycles. The number of hydrogen-bond donors (Lipinski definition) is 3. The number of carboxylic acids is 1. The molecule has 0 aliphatic rings. The monoisotopic (exact) mass is 224 g/mol. The van der Waals surface area contributed by atoms with Crippen LogP contribution in [-0.2, 0) is 11.2 Å². The largest absolute Gasteiger partial charge is 0.504 e. The highest BCUT2D eigenvalue weighted by Gasteiger charge is 2.17. The maximum absolute atomic E-state index is 10.7. The fourth-order valence-electron chi connectivity index (χ4n) is 1.53. The Morgan fingerprint density at radius 1 is 1.31 bits per heavy atom. The molecule has 0 bridgehead atoms. The van der Waals surface area contributed by atoms with E-state index in [0.717, 1.165) is 5.56 Å². The molecule has 1 unspecified atom stereocenters. The van der Waals surface area contributed by atoms with Gasteiger partial charge in [0.2, 0.25) is 0 Å². The summed E-state index contributed by atoms with van der Waals surface area (Å²) in [7, 11) is 0. The van der Waals surface area contributed by atoms with Crippen molar-refractivity contribution < 1.29 is 20.1 Å². The van der Waals surface area contributed by atoms with Crippen LogP contribution in [0.4, 0.5) is 0 Å². The number of aliphatic carboxylic acids is 1. The van der Waals surface area contributed by atoms with Gasteiger partial charge in [-0.1, -0.05) is 13.0 Å². The Hall–Kier alpha value is -1.71. The zero-order valence-corrected chi connectivity index (χ0v) is 9.61. The molecule has 16 heavy (non-hydrogen) atoms. The first-order chi connectivity index (χ1) is 7.34. The van der Waals surface area contributed by atoms with E-state index in [0.29, 0.717) is 11.1 Å². The van der Waals surface area contributed by atoms with Gasteiger partial charge in [-0.3, -0.25) is 4.79 Å². The Morgan fingerprint density at radius 3 is 2.38 bits per heavy atom. The van der Waals surface area contributed by atoms with Gasteiger partial charge in [-0.2, -0.15) is 0 Å². The lowest BCUT2D eigenvalue weighted by atomic mass is 9.96.